The number of amides is 1. The maximum Gasteiger partial charge on any atom is 0.272 e. The summed E-state index contributed by atoms with van der Waals surface area (Å²) >= 11 is 6.04. The lowest BCUT2D eigenvalue weighted by Crippen LogP contribution is -2.29. The molecule has 0 radical (unpaired) electrons. The maximum absolute atomic E-state index is 13.9. The molecule has 3 rings (SSSR count). The fraction of sp³-hybridized carbons (Fsp3) is 0.0556. The van der Waals surface area contributed by atoms with Crippen molar-refractivity contribution >= 4 is 17.5 Å². The molecule has 0 aliphatic heterocycles. The average molecular weight is 358 g/mol. The topological polar surface area (TPSA) is 64.0 Å². The number of hydrogen-bond donors (Lipinski definition) is 1. The highest BCUT2D eigenvalue weighted by Gasteiger charge is 2.13. The lowest BCUT2D eigenvalue weighted by Gasteiger charge is -2.09. The summed E-state index contributed by atoms with van der Waals surface area (Å²) in [5, 5.41) is 7.17. The van der Waals surface area contributed by atoms with Crippen LogP contribution in [0, 0.1) is 5.82 Å². The molecule has 1 amide bonds. The lowest BCUT2D eigenvalue weighted by atomic mass is 10.2. The van der Waals surface area contributed by atoms with Crippen molar-refractivity contribution < 1.29 is 9.18 Å². The van der Waals surface area contributed by atoms with Crippen molar-refractivity contribution in [1.29, 1.82) is 0 Å². The number of para-hydroxylation sites is 1. The van der Waals surface area contributed by atoms with Gasteiger partial charge in [-0.3, -0.25) is 9.59 Å². The second kappa shape index (κ2) is 7.27. The van der Waals surface area contributed by atoms with E-state index in [1.165, 1.54) is 30.3 Å². The molecule has 3 aromatic rings. The Hall–Kier alpha value is -2.99. The zero-order valence-electron chi connectivity index (χ0n) is 12.9. The lowest BCUT2D eigenvalue weighted by molar-refractivity contribution is 0.0944. The molecule has 0 bridgehead atoms. The summed E-state index contributed by atoms with van der Waals surface area (Å²) in [6.45, 7) is 0.207. The van der Waals surface area contributed by atoms with Crippen LogP contribution < -0.4 is 10.9 Å². The third kappa shape index (κ3) is 3.75. The van der Waals surface area contributed by atoms with Crippen LogP contribution in [0.4, 0.5) is 4.39 Å². The fourth-order valence-electron chi connectivity index (χ4n) is 2.24. The summed E-state index contributed by atoms with van der Waals surface area (Å²) in [5.41, 5.74) is 0.191. The van der Waals surface area contributed by atoms with Gasteiger partial charge < -0.3 is 5.32 Å². The number of hydrogen-bond acceptors (Lipinski definition) is 3. The zero-order chi connectivity index (χ0) is 17.8. The third-order valence-corrected chi connectivity index (χ3v) is 3.88. The molecular formula is C18H13ClFN3O2. The van der Waals surface area contributed by atoms with Gasteiger partial charge in [0.1, 0.15) is 17.2 Å². The molecule has 0 spiro atoms. The molecule has 0 aliphatic rings. The number of rotatable bonds is 4. The van der Waals surface area contributed by atoms with Crippen molar-refractivity contribution in [3.63, 3.8) is 0 Å². The van der Waals surface area contributed by atoms with Gasteiger partial charge >= 0.3 is 0 Å². The molecule has 25 heavy (non-hydrogen) atoms. The van der Waals surface area contributed by atoms with Crippen LogP contribution in [0.2, 0.25) is 5.02 Å². The molecule has 1 aromatic heterocycles. The van der Waals surface area contributed by atoms with Gasteiger partial charge in [0, 0.05) is 17.6 Å². The van der Waals surface area contributed by atoms with E-state index >= 15 is 0 Å². The third-order valence-electron chi connectivity index (χ3n) is 3.51. The molecule has 0 atom stereocenters. The van der Waals surface area contributed by atoms with Gasteiger partial charge in [-0.2, -0.15) is 9.78 Å². The summed E-state index contributed by atoms with van der Waals surface area (Å²) in [7, 11) is 0. The molecule has 0 saturated carbocycles. The van der Waals surface area contributed by atoms with E-state index < -0.39 is 17.3 Å². The normalized spacial score (nSPS) is 10.5. The highest BCUT2D eigenvalue weighted by Crippen LogP contribution is 2.14. The predicted octanol–water partition coefficient (Wildman–Crippen LogP) is 2.96. The monoisotopic (exact) mass is 357 g/mol. The van der Waals surface area contributed by atoms with E-state index in [9.17, 15) is 14.0 Å². The van der Waals surface area contributed by atoms with Crippen molar-refractivity contribution in [2.24, 2.45) is 0 Å². The van der Waals surface area contributed by atoms with E-state index in [-0.39, 0.29) is 17.9 Å². The van der Waals surface area contributed by atoms with Gasteiger partial charge in [0.25, 0.3) is 11.5 Å². The van der Waals surface area contributed by atoms with Crippen LogP contribution in [0.15, 0.2) is 65.5 Å². The average Bonchev–Trinajstić information content (AvgIpc) is 2.62. The standard InChI is InChI=1S/C18H13ClFN3O2/c19-13-6-2-1-5-12(13)11-21-18(25)15-9-10-17(24)23(22-15)16-8-4-3-7-14(16)20/h1-10H,11H2,(H,21,25). The van der Waals surface area contributed by atoms with Gasteiger partial charge in [-0.05, 0) is 29.8 Å². The van der Waals surface area contributed by atoms with Gasteiger partial charge in [-0.15, -0.1) is 0 Å². The molecule has 0 unspecified atom stereocenters. The van der Waals surface area contributed by atoms with E-state index in [0.29, 0.717) is 5.02 Å². The summed E-state index contributed by atoms with van der Waals surface area (Å²) in [6, 6.07) is 15.3. The molecule has 0 saturated heterocycles. The van der Waals surface area contributed by atoms with Crippen LogP contribution in [0.1, 0.15) is 16.1 Å². The van der Waals surface area contributed by atoms with E-state index in [1.807, 2.05) is 6.07 Å². The van der Waals surface area contributed by atoms with Crippen LogP contribution in [-0.2, 0) is 6.54 Å². The second-order valence-corrected chi connectivity index (χ2v) is 5.60. The first-order valence-corrected chi connectivity index (χ1v) is 7.81. The number of nitrogens with one attached hydrogen (secondary N) is 1. The summed E-state index contributed by atoms with van der Waals surface area (Å²) < 4.78 is 14.7. The minimum Gasteiger partial charge on any atom is -0.347 e. The van der Waals surface area contributed by atoms with Crippen molar-refractivity contribution in [3.8, 4) is 5.69 Å². The Kier molecular flexibility index (Phi) is 4.90. The summed E-state index contributed by atoms with van der Waals surface area (Å²) in [6.07, 6.45) is 0. The van der Waals surface area contributed by atoms with Crippen LogP contribution in [0.25, 0.3) is 5.69 Å². The van der Waals surface area contributed by atoms with Gasteiger partial charge in [0.2, 0.25) is 0 Å². The van der Waals surface area contributed by atoms with E-state index in [1.54, 1.807) is 24.3 Å². The van der Waals surface area contributed by atoms with Gasteiger partial charge in [-0.25, -0.2) is 4.39 Å². The number of aromatic nitrogens is 2. The Balaban J connectivity index is 1.85. The van der Waals surface area contributed by atoms with E-state index in [0.717, 1.165) is 10.2 Å². The van der Waals surface area contributed by atoms with Gasteiger partial charge in [0.05, 0.1) is 0 Å². The van der Waals surface area contributed by atoms with Crippen LogP contribution in [0.3, 0.4) is 0 Å². The number of benzene rings is 2. The van der Waals surface area contributed by atoms with E-state index in [4.69, 9.17) is 11.6 Å². The maximum atomic E-state index is 13.9. The zero-order valence-corrected chi connectivity index (χ0v) is 13.7. The van der Waals surface area contributed by atoms with Crippen molar-refractivity contribution in [2.75, 3.05) is 0 Å². The first-order chi connectivity index (χ1) is 12.1. The second-order valence-electron chi connectivity index (χ2n) is 5.19. The molecule has 126 valence electrons. The Morgan fingerprint density at radius 3 is 2.56 bits per heavy atom. The van der Waals surface area contributed by atoms with Crippen LogP contribution >= 0.6 is 11.6 Å². The number of carbonyl (C=O) groups excluding carboxylic acids is 1. The van der Waals surface area contributed by atoms with Crippen molar-refractivity contribution in [1.82, 2.24) is 15.1 Å². The molecule has 7 heteroatoms. The molecule has 0 aliphatic carbocycles. The molecule has 1 N–H and O–H groups in total. The fourth-order valence-corrected chi connectivity index (χ4v) is 2.44. The molecule has 0 fully saturated rings. The van der Waals surface area contributed by atoms with Crippen LogP contribution in [0.5, 0.6) is 0 Å². The van der Waals surface area contributed by atoms with E-state index in [2.05, 4.69) is 10.4 Å². The number of nitrogens with zero attached hydrogens (tertiary/aromatic N) is 2. The smallest absolute Gasteiger partial charge is 0.272 e. The molecule has 2 aromatic carbocycles. The molecule has 1 heterocycles. The summed E-state index contributed by atoms with van der Waals surface area (Å²) in [5.74, 6) is -1.10. The highest BCUT2D eigenvalue weighted by molar-refractivity contribution is 6.31. The Labute approximate surface area is 147 Å². The van der Waals surface area contributed by atoms with Crippen LogP contribution in [-0.4, -0.2) is 15.7 Å². The first kappa shape index (κ1) is 16.9. The molecule has 5 nitrogen and oxygen atoms in total. The quantitative estimate of drug-likeness (QED) is 0.780. The highest BCUT2D eigenvalue weighted by atomic mass is 35.5. The Bertz CT molecular complexity index is 988. The predicted molar refractivity (Wildman–Crippen MR) is 92.4 cm³/mol. The SMILES string of the molecule is O=C(NCc1ccccc1Cl)c1ccc(=O)n(-c2ccccc2F)n1. The Morgan fingerprint density at radius 2 is 1.80 bits per heavy atom. The minimum absolute atomic E-state index is 0.00472. The van der Waals surface area contributed by atoms with Gasteiger partial charge in [0.15, 0.2) is 0 Å². The van der Waals surface area contributed by atoms with Crippen molar-refractivity contribution in [3.05, 3.63) is 93.1 Å². The van der Waals surface area contributed by atoms with Gasteiger partial charge in [-0.1, -0.05) is 41.9 Å². The molecular weight excluding hydrogens is 345 g/mol. The number of halogens is 2. The summed E-state index contributed by atoms with van der Waals surface area (Å²) in [4.78, 5) is 24.2. The minimum atomic E-state index is -0.606. The largest absolute Gasteiger partial charge is 0.347 e. The Morgan fingerprint density at radius 1 is 1.08 bits per heavy atom. The number of carbonyl (C=O) groups is 1. The first-order valence-electron chi connectivity index (χ1n) is 7.43. The van der Waals surface area contributed by atoms with Crippen molar-refractivity contribution in [2.45, 2.75) is 6.54 Å².